The quantitative estimate of drug-likeness (QED) is 0.459. The van der Waals surface area contributed by atoms with E-state index in [0.29, 0.717) is 0 Å². The molecule has 0 aliphatic carbocycles. The normalized spacial score (nSPS) is 19.7. The van der Waals surface area contributed by atoms with Gasteiger partial charge in [0.2, 0.25) is 0 Å². The maximum atomic E-state index is 13.4. The molecule has 1 aromatic rings. The fourth-order valence-corrected chi connectivity index (χ4v) is 4.61. The first-order valence-electron chi connectivity index (χ1n) is 11.7. The van der Waals surface area contributed by atoms with Crippen LogP contribution >= 0.6 is 0 Å². The van der Waals surface area contributed by atoms with Gasteiger partial charge < -0.3 is 0 Å². The molecule has 2 aliphatic heterocycles. The Labute approximate surface area is 187 Å². The number of hydrazine groups is 1. The Bertz CT molecular complexity index is 869. The number of unbranched alkanes of at least 4 members (excludes halogenated alkanes) is 1. The molecular formula is C27H37FN2O. The van der Waals surface area contributed by atoms with Gasteiger partial charge in [0.15, 0.2) is 0 Å². The van der Waals surface area contributed by atoms with Gasteiger partial charge in [0.25, 0.3) is 5.91 Å². The zero-order chi connectivity index (χ0) is 22.4. The second-order valence-corrected chi connectivity index (χ2v) is 8.98. The smallest absolute Gasteiger partial charge is 0.268 e. The summed E-state index contributed by atoms with van der Waals surface area (Å²) in [5.41, 5.74) is 6.75. The SMILES string of the molecule is CC1=C(/C(C)=C(\C)c2ccc(CCC/C=C(\C)F)cc2)C(=O)N(N2CCCCC2)CC1. The first-order valence-corrected chi connectivity index (χ1v) is 11.7. The number of carbonyl (C=O) groups excluding carboxylic acids is 1. The molecule has 0 saturated carbocycles. The maximum Gasteiger partial charge on any atom is 0.268 e. The Balaban J connectivity index is 1.74. The highest BCUT2D eigenvalue weighted by molar-refractivity contribution is 6.01. The van der Waals surface area contributed by atoms with Gasteiger partial charge in [0.05, 0.1) is 5.83 Å². The van der Waals surface area contributed by atoms with Crippen molar-refractivity contribution in [2.24, 2.45) is 0 Å². The third kappa shape index (κ3) is 5.94. The van der Waals surface area contributed by atoms with E-state index in [4.69, 9.17) is 0 Å². The first kappa shape index (κ1) is 23.5. The lowest BCUT2D eigenvalue weighted by atomic mass is 9.90. The summed E-state index contributed by atoms with van der Waals surface area (Å²) in [5, 5.41) is 4.25. The topological polar surface area (TPSA) is 23.6 Å². The molecule has 31 heavy (non-hydrogen) atoms. The van der Waals surface area contributed by atoms with Crippen LogP contribution in [0.25, 0.3) is 5.57 Å². The number of carbonyl (C=O) groups is 1. The molecule has 0 spiro atoms. The van der Waals surface area contributed by atoms with Crippen molar-refractivity contribution in [2.45, 2.75) is 72.6 Å². The van der Waals surface area contributed by atoms with Crippen LogP contribution < -0.4 is 0 Å². The molecule has 168 valence electrons. The van der Waals surface area contributed by atoms with E-state index in [1.807, 2.05) is 5.01 Å². The summed E-state index contributed by atoms with van der Waals surface area (Å²) in [7, 11) is 0. The number of allylic oxidation sites excluding steroid dienone is 3. The fourth-order valence-electron chi connectivity index (χ4n) is 4.61. The third-order valence-corrected chi connectivity index (χ3v) is 6.67. The third-order valence-electron chi connectivity index (χ3n) is 6.67. The zero-order valence-corrected chi connectivity index (χ0v) is 19.6. The number of halogens is 1. The van der Waals surface area contributed by atoms with Crippen molar-refractivity contribution in [1.82, 2.24) is 10.0 Å². The van der Waals surface area contributed by atoms with Gasteiger partial charge in [-0.25, -0.2) is 9.40 Å². The summed E-state index contributed by atoms with van der Waals surface area (Å²) in [4.78, 5) is 13.4. The summed E-state index contributed by atoms with van der Waals surface area (Å²) in [6, 6.07) is 8.61. The van der Waals surface area contributed by atoms with Crippen LogP contribution in [0.5, 0.6) is 0 Å². The van der Waals surface area contributed by atoms with Crippen LogP contribution in [0, 0.1) is 0 Å². The average molecular weight is 425 g/mol. The molecule has 0 atom stereocenters. The number of aryl methyl sites for hydroxylation is 1. The Morgan fingerprint density at radius 1 is 1.00 bits per heavy atom. The van der Waals surface area contributed by atoms with Gasteiger partial charge in [0, 0.05) is 25.2 Å². The maximum absolute atomic E-state index is 13.4. The van der Waals surface area contributed by atoms with Gasteiger partial charge in [-0.1, -0.05) is 42.3 Å². The fraction of sp³-hybridized carbons (Fsp3) is 0.519. The summed E-state index contributed by atoms with van der Waals surface area (Å²) >= 11 is 0. The highest BCUT2D eigenvalue weighted by Gasteiger charge is 2.31. The number of rotatable bonds is 7. The predicted octanol–water partition coefficient (Wildman–Crippen LogP) is 6.63. The van der Waals surface area contributed by atoms with Gasteiger partial charge in [-0.15, -0.1) is 0 Å². The summed E-state index contributed by atoms with van der Waals surface area (Å²) in [6.07, 6.45) is 8.85. The van der Waals surface area contributed by atoms with Crippen LogP contribution in [0.4, 0.5) is 4.39 Å². The van der Waals surface area contributed by atoms with Crippen LogP contribution in [-0.2, 0) is 11.2 Å². The van der Waals surface area contributed by atoms with Crippen LogP contribution in [0.15, 0.2) is 52.9 Å². The Hall–Kier alpha value is -2.20. The molecule has 0 radical (unpaired) electrons. The number of amides is 1. The van der Waals surface area contributed by atoms with Crippen molar-refractivity contribution >= 4 is 11.5 Å². The Morgan fingerprint density at radius 2 is 1.68 bits per heavy atom. The summed E-state index contributed by atoms with van der Waals surface area (Å²) < 4.78 is 12.8. The summed E-state index contributed by atoms with van der Waals surface area (Å²) in [6.45, 7) is 10.6. The van der Waals surface area contributed by atoms with Gasteiger partial charge in [-0.3, -0.25) is 9.80 Å². The number of nitrogens with zero attached hydrogens (tertiary/aromatic N) is 2. The molecule has 3 nitrogen and oxygen atoms in total. The number of hydrogen-bond donors (Lipinski definition) is 0. The van der Waals surface area contributed by atoms with E-state index in [-0.39, 0.29) is 11.7 Å². The van der Waals surface area contributed by atoms with E-state index in [2.05, 4.69) is 50.0 Å². The molecule has 1 fully saturated rings. The van der Waals surface area contributed by atoms with Gasteiger partial charge >= 0.3 is 0 Å². The molecule has 1 saturated heterocycles. The summed E-state index contributed by atoms with van der Waals surface area (Å²) in [5.74, 6) is 0.0580. The van der Waals surface area contributed by atoms with Crippen molar-refractivity contribution in [3.8, 4) is 0 Å². The van der Waals surface area contributed by atoms with Crippen LogP contribution in [0.1, 0.15) is 77.3 Å². The van der Waals surface area contributed by atoms with Gasteiger partial charge in [0.1, 0.15) is 0 Å². The predicted molar refractivity (Wildman–Crippen MR) is 127 cm³/mol. The molecule has 2 heterocycles. The Kier molecular flexibility index (Phi) is 8.25. The molecule has 0 bridgehead atoms. The molecule has 0 aromatic heterocycles. The molecule has 3 rings (SSSR count). The van der Waals surface area contributed by atoms with Crippen LogP contribution in [0.2, 0.25) is 0 Å². The van der Waals surface area contributed by atoms with Crippen molar-refractivity contribution in [1.29, 1.82) is 0 Å². The first-order chi connectivity index (χ1) is 14.9. The van der Waals surface area contributed by atoms with E-state index in [1.54, 1.807) is 6.08 Å². The van der Waals surface area contributed by atoms with E-state index in [9.17, 15) is 9.18 Å². The number of hydrogen-bond acceptors (Lipinski definition) is 2. The molecule has 2 aliphatic rings. The zero-order valence-electron chi connectivity index (χ0n) is 19.6. The average Bonchev–Trinajstić information content (AvgIpc) is 2.77. The second kappa shape index (κ2) is 10.9. The lowest BCUT2D eigenvalue weighted by molar-refractivity contribution is -0.147. The molecule has 0 N–H and O–H groups in total. The molecule has 1 amide bonds. The minimum atomic E-state index is -0.104. The van der Waals surface area contributed by atoms with Crippen molar-refractivity contribution in [3.05, 3.63) is 64.0 Å². The lowest BCUT2D eigenvalue weighted by Crippen LogP contribution is -2.51. The molecule has 4 heteroatoms. The van der Waals surface area contributed by atoms with E-state index >= 15 is 0 Å². The largest absolute Gasteiger partial charge is 0.271 e. The highest BCUT2D eigenvalue weighted by atomic mass is 19.1. The van der Waals surface area contributed by atoms with Crippen LogP contribution in [0.3, 0.4) is 0 Å². The van der Waals surface area contributed by atoms with Crippen LogP contribution in [-0.4, -0.2) is 35.6 Å². The van der Waals surface area contributed by atoms with Gasteiger partial charge in [-0.05, 0) is 88.5 Å². The highest BCUT2D eigenvalue weighted by Crippen LogP contribution is 2.31. The van der Waals surface area contributed by atoms with Gasteiger partial charge in [-0.2, -0.15) is 0 Å². The minimum absolute atomic E-state index is 0.104. The van der Waals surface area contributed by atoms with Crippen molar-refractivity contribution in [2.75, 3.05) is 19.6 Å². The van der Waals surface area contributed by atoms with Crippen molar-refractivity contribution < 1.29 is 9.18 Å². The van der Waals surface area contributed by atoms with Crippen molar-refractivity contribution in [3.63, 3.8) is 0 Å². The monoisotopic (exact) mass is 424 g/mol. The minimum Gasteiger partial charge on any atom is -0.271 e. The molecular weight excluding hydrogens is 387 g/mol. The van der Waals surface area contributed by atoms with E-state index in [1.165, 1.54) is 37.3 Å². The van der Waals surface area contributed by atoms with E-state index < -0.39 is 0 Å². The lowest BCUT2D eigenvalue weighted by Gasteiger charge is -2.40. The molecule has 0 unspecified atom stereocenters. The number of piperidine rings is 1. The Morgan fingerprint density at radius 3 is 2.32 bits per heavy atom. The standard InChI is InChI=1S/C27H37FN2O/c1-20-16-19-30(29-17-8-5-9-18-29)27(31)26(20)23(4)22(3)25-14-12-24(13-15-25)11-7-6-10-21(2)28/h10,12-15H,5-9,11,16-19H2,1-4H3/b21-10+,23-22+. The second-order valence-electron chi connectivity index (χ2n) is 8.98. The van der Waals surface area contributed by atoms with E-state index in [0.717, 1.165) is 67.6 Å². The number of benzene rings is 1. The molecule has 1 aromatic carbocycles.